The molecule has 2 fully saturated rings. The summed E-state index contributed by atoms with van der Waals surface area (Å²) in [6, 6.07) is 9.00. The topological polar surface area (TPSA) is 90.4 Å². The largest absolute Gasteiger partial charge is 0.396 e. The van der Waals surface area contributed by atoms with Gasteiger partial charge in [-0.15, -0.1) is 0 Å². The standard InChI is InChI=1S/C30H39N3O5/c1-3-4-16-31-17-11-15-30-24(27(36)33(19-8-9-20-34)25(30)28(31)37)23-26(35)32(18-10-14-29(23,2)38-30)21-22-12-6-5-7-13-22/h5-7,10-15,23-25,34H,3-4,8-9,16-21H2,1-2H3/t23-,24-,25?,29+,30-/m0/s1. The summed E-state index contributed by atoms with van der Waals surface area (Å²) in [7, 11) is 0. The maximum Gasteiger partial charge on any atom is 0.249 e. The van der Waals surface area contributed by atoms with Crippen LogP contribution in [-0.2, 0) is 25.7 Å². The van der Waals surface area contributed by atoms with Gasteiger partial charge in [0.05, 0.1) is 17.4 Å². The molecular formula is C30H39N3O5. The number of fused-ring (bicyclic) bond motifs is 2. The van der Waals surface area contributed by atoms with Gasteiger partial charge in [-0.2, -0.15) is 0 Å². The first-order valence-electron chi connectivity index (χ1n) is 13.9. The Balaban J connectivity index is 1.54. The van der Waals surface area contributed by atoms with E-state index >= 15 is 0 Å². The number of amides is 3. The quantitative estimate of drug-likeness (QED) is 0.399. The molecule has 5 rings (SSSR count). The highest BCUT2D eigenvalue weighted by Crippen LogP contribution is 2.57. The monoisotopic (exact) mass is 521 g/mol. The van der Waals surface area contributed by atoms with Gasteiger partial charge in [-0.25, -0.2) is 0 Å². The van der Waals surface area contributed by atoms with Crippen molar-refractivity contribution in [2.24, 2.45) is 11.8 Å². The summed E-state index contributed by atoms with van der Waals surface area (Å²) >= 11 is 0. The molecule has 4 heterocycles. The lowest BCUT2D eigenvalue weighted by molar-refractivity contribution is -0.153. The number of hydrogen-bond acceptors (Lipinski definition) is 5. The summed E-state index contributed by atoms with van der Waals surface area (Å²) in [5, 5.41) is 9.37. The Labute approximate surface area is 224 Å². The van der Waals surface area contributed by atoms with Crippen molar-refractivity contribution in [3.63, 3.8) is 0 Å². The van der Waals surface area contributed by atoms with Gasteiger partial charge in [0.25, 0.3) is 0 Å². The van der Waals surface area contributed by atoms with Crippen molar-refractivity contribution in [2.75, 3.05) is 32.8 Å². The smallest absolute Gasteiger partial charge is 0.249 e. The second-order valence-corrected chi connectivity index (χ2v) is 11.1. The number of likely N-dealkylation sites (tertiary alicyclic amines) is 1. The fourth-order valence-corrected chi connectivity index (χ4v) is 6.75. The molecule has 1 aromatic rings. The Morgan fingerprint density at radius 3 is 2.37 bits per heavy atom. The molecule has 4 aliphatic heterocycles. The average Bonchev–Trinajstić information content (AvgIpc) is 3.18. The van der Waals surface area contributed by atoms with Crippen molar-refractivity contribution in [3.05, 3.63) is 60.2 Å². The molecule has 38 heavy (non-hydrogen) atoms. The molecule has 3 amide bonds. The first-order chi connectivity index (χ1) is 18.4. The van der Waals surface area contributed by atoms with Crippen LogP contribution in [0.15, 0.2) is 54.6 Å². The predicted octanol–water partition coefficient (Wildman–Crippen LogP) is 2.53. The lowest BCUT2D eigenvalue weighted by Crippen LogP contribution is -2.56. The second-order valence-electron chi connectivity index (χ2n) is 11.1. The van der Waals surface area contributed by atoms with Gasteiger partial charge in [0, 0.05) is 39.3 Å². The van der Waals surface area contributed by atoms with Gasteiger partial charge in [0.1, 0.15) is 11.6 Å². The number of benzene rings is 1. The van der Waals surface area contributed by atoms with Gasteiger partial charge >= 0.3 is 0 Å². The number of hydrogen-bond donors (Lipinski definition) is 1. The molecule has 8 heteroatoms. The maximum atomic E-state index is 14.2. The van der Waals surface area contributed by atoms with E-state index in [2.05, 4.69) is 6.92 Å². The predicted molar refractivity (Wildman–Crippen MR) is 143 cm³/mol. The Kier molecular flexibility index (Phi) is 7.47. The molecule has 4 aliphatic rings. The highest BCUT2D eigenvalue weighted by molar-refractivity contribution is 6.00. The van der Waals surface area contributed by atoms with Crippen LogP contribution in [0.1, 0.15) is 45.1 Å². The number of carbonyl (C=O) groups is 3. The number of aliphatic hydroxyl groups excluding tert-OH is 1. The van der Waals surface area contributed by atoms with Crippen LogP contribution in [0, 0.1) is 11.8 Å². The van der Waals surface area contributed by atoms with Crippen LogP contribution >= 0.6 is 0 Å². The van der Waals surface area contributed by atoms with Crippen molar-refractivity contribution in [3.8, 4) is 0 Å². The Morgan fingerprint density at radius 1 is 0.895 bits per heavy atom. The number of nitrogens with zero attached hydrogens (tertiary/aromatic N) is 3. The normalized spacial score (nSPS) is 32.3. The molecular weight excluding hydrogens is 482 g/mol. The highest BCUT2D eigenvalue weighted by atomic mass is 16.5. The molecule has 8 nitrogen and oxygen atoms in total. The van der Waals surface area contributed by atoms with Crippen LogP contribution in [-0.4, -0.2) is 87.6 Å². The fraction of sp³-hybridized carbons (Fsp3) is 0.567. The van der Waals surface area contributed by atoms with Crippen molar-refractivity contribution in [1.29, 1.82) is 0 Å². The van der Waals surface area contributed by atoms with Crippen molar-refractivity contribution in [1.82, 2.24) is 14.7 Å². The van der Waals surface area contributed by atoms with E-state index in [9.17, 15) is 19.5 Å². The third kappa shape index (κ3) is 4.37. The van der Waals surface area contributed by atoms with E-state index < -0.39 is 29.1 Å². The van der Waals surface area contributed by atoms with E-state index in [4.69, 9.17) is 4.74 Å². The average molecular weight is 522 g/mol. The van der Waals surface area contributed by atoms with Gasteiger partial charge in [0.2, 0.25) is 17.7 Å². The summed E-state index contributed by atoms with van der Waals surface area (Å²) in [6.07, 6.45) is 10.7. The van der Waals surface area contributed by atoms with Crippen molar-refractivity contribution < 1.29 is 24.2 Å². The van der Waals surface area contributed by atoms with Gasteiger partial charge in [-0.05, 0) is 31.7 Å². The lowest BCUT2D eigenvalue weighted by atomic mass is 9.74. The summed E-state index contributed by atoms with van der Waals surface area (Å²) < 4.78 is 6.85. The molecule has 0 aliphatic carbocycles. The third-order valence-electron chi connectivity index (χ3n) is 8.53. The van der Waals surface area contributed by atoms with E-state index in [1.165, 1.54) is 0 Å². The zero-order chi connectivity index (χ0) is 26.9. The fourth-order valence-electron chi connectivity index (χ4n) is 6.75. The van der Waals surface area contributed by atoms with E-state index in [0.717, 1.165) is 18.4 Å². The molecule has 2 saturated heterocycles. The number of rotatable bonds is 9. The molecule has 1 N–H and O–H groups in total. The Morgan fingerprint density at radius 2 is 1.63 bits per heavy atom. The SMILES string of the molecule is CCCCN1CC=C[C@]23O[C@]4(C)C=CCN(Cc5ccccc5)C(=O)[C@@H]4[C@H]2C(=O)N(CCCCO)C3C1=O. The van der Waals surface area contributed by atoms with Crippen molar-refractivity contribution in [2.45, 2.75) is 63.3 Å². The van der Waals surface area contributed by atoms with Gasteiger partial charge in [-0.3, -0.25) is 14.4 Å². The molecule has 0 aromatic heterocycles. The minimum absolute atomic E-state index is 0.0205. The number of unbranched alkanes of at least 4 members (excludes halogenated alkanes) is 2. The Hall–Kier alpha value is -2.97. The van der Waals surface area contributed by atoms with Gasteiger partial charge < -0.3 is 24.5 Å². The summed E-state index contributed by atoms with van der Waals surface area (Å²) in [5.74, 6) is -2.00. The minimum atomic E-state index is -1.22. The first kappa shape index (κ1) is 26.6. The van der Waals surface area contributed by atoms with Crippen LogP contribution in [0.5, 0.6) is 0 Å². The van der Waals surface area contributed by atoms with E-state index in [0.29, 0.717) is 45.6 Å². The summed E-state index contributed by atoms with van der Waals surface area (Å²) in [5.41, 5.74) is -1.21. The second kappa shape index (κ2) is 10.7. The number of carbonyl (C=O) groups excluding carboxylic acids is 3. The molecule has 0 bridgehead atoms. The Bertz CT molecular complexity index is 1120. The molecule has 1 aromatic carbocycles. The van der Waals surface area contributed by atoms with Crippen LogP contribution in [0.4, 0.5) is 0 Å². The highest BCUT2D eigenvalue weighted by Gasteiger charge is 2.74. The lowest BCUT2D eigenvalue weighted by Gasteiger charge is -2.37. The number of ether oxygens (including phenoxy) is 1. The van der Waals surface area contributed by atoms with Gasteiger partial charge in [0.15, 0.2) is 0 Å². The molecule has 1 spiro atoms. The van der Waals surface area contributed by atoms with Crippen LogP contribution in [0.25, 0.3) is 0 Å². The maximum absolute atomic E-state index is 14.2. The zero-order valence-corrected chi connectivity index (χ0v) is 22.4. The molecule has 1 unspecified atom stereocenters. The summed E-state index contributed by atoms with van der Waals surface area (Å²) in [4.78, 5) is 47.8. The molecule has 0 radical (unpaired) electrons. The van der Waals surface area contributed by atoms with Crippen LogP contribution in [0.2, 0.25) is 0 Å². The molecule has 0 saturated carbocycles. The van der Waals surface area contributed by atoms with E-state index in [1.807, 2.05) is 66.5 Å². The van der Waals surface area contributed by atoms with Crippen LogP contribution in [0.3, 0.4) is 0 Å². The molecule has 5 atom stereocenters. The zero-order valence-electron chi connectivity index (χ0n) is 22.4. The van der Waals surface area contributed by atoms with E-state index in [1.54, 1.807) is 9.80 Å². The third-order valence-corrected chi connectivity index (χ3v) is 8.53. The number of aliphatic hydroxyl groups is 1. The van der Waals surface area contributed by atoms with E-state index in [-0.39, 0.29) is 24.3 Å². The first-order valence-corrected chi connectivity index (χ1v) is 13.9. The summed E-state index contributed by atoms with van der Waals surface area (Å²) in [6.45, 7) is 6.26. The van der Waals surface area contributed by atoms with Crippen LogP contribution < -0.4 is 0 Å². The molecule has 204 valence electrons. The van der Waals surface area contributed by atoms with Crippen molar-refractivity contribution >= 4 is 17.7 Å². The van der Waals surface area contributed by atoms with Gasteiger partial charge in [-0.1, -0.05) is 68.0 Å². The minimum Gasteiger partial charge on any atom is -0.396 e.